The largest absolute Gasteiger partial charge is 0.456 e. The zero-order valence-electron chi connectivity index (χ0n) is 12.0. The molecule has 21 heavy (non-hydrogen) atoms. The highest BCUT2D eigenvalue weighted by molar-refractivity contribution is 6.04. The molecule has 1 fully saturated rings. The van der Waals surface area contributed by atoms with Crippen molar-refractivity contribution in [1.29, 1.82) is 0 Å². The molecule has 1 saturated heterocycles. The Hall–Kier alpha value is -2.14. The average molecular weight is 286 g/mol. The first-order valence-electron chi connectivity index (χ1n) is 7.14. The standard InChI is InChI=1S/C16H18N2O3/c1-12-4-5-15(21-12)16(19)18(11-14-3-2-10-20-14)13-6-8-17-9-7-13/h4-9,14H,2-3,10-11H2,1H3/t14-/m1/s1. The summed E-state index contributed by atoms with van der Waals surface area (Å²) in [4.78, 5) is 18.4. The van der Waals surface area contributed by atoms with E-state index in [-0.39, 0.29) is 12.0 Å². The Labute approximate surface area is 123 Å². The molecule has 0 bridgehead atoms. The molecule has 3 heterocycles. The summed E-state index contributed by atoms with van der Waals surface area (Å²) < 4.78 is 11.1. The zero-order chi connectivity index (χ0) is 14.7. The third kappa shape index (κ3) is 3.13. The average Bonchev–Trinajstić information content (AvgIpc) is 3.16. The Morgan fingerprint density at radius 3 is 2.76 bits per heavy atom. The van der Waals surface area contributed by atoms with E-state index in [9.17, 15) is 4.79 Å². The summed E-state index contributed by atoms with van der Waals surface area (Å²) in [6.07, 6.45) is 5.46. The maximum Gasteiger partial charge on any atom is 0.294 e. The van der Waals surface area contributed by atoms with Gasteiger partial charge in [0.1, 0.15) is 5.76 Å². The summed E-state index contributed by atoms with van der Waals surface area (Å²) in [6, 6.07) is 7.15. The fourth-order valence-electron chi connectivity index (χ4n) is 2.50. The SMILES string of the molecule is Cc1ccc(C(=O)N(C[C@H]2CCCO2)c2ccncc2)o1. The van der Waals surface area contributed by atoms with E-state index in [1.165, 1.54) is 0 Å². The fraction of sp³-hybridized carbons (Fsp3) is 0.375. The van der Waals surface area contributed by atoms with Gasteiger partial charge in [0.25, 0.3) is 5.91 Å². The lowest BCUT2D eigenvalue weighted by molar-refractivity contribution is 0.0894. The van der Waals surface area contributed by atoms with Crippen LogP contribution in [0.5, 0.6) is 0 Å². The van der Waals surface area contributed by atoms with Crippen LogP contribution in [-0.4, -0.2) is 30.1 Å². The van der Waals surface area contributed by atoms with Crippen LogP contribution in [0.2, 0.25) is 0 Å². The van der Waals surface area contributed by atoms with Crippen LogP contribution < -0.4 is 4.90 Å². The number of anilines is 1. The molecule has 0 radical (unpaired) electrons. The van der Waals surface area contributed by atoms with Crippen LogP contribution in [0.15, 0.2) is 41.1 Å². The first kappa shape index (κ1) is 13.8. The number of hydrogen-bond donors (Lipinski definition) is 0. The summed E-state index contributed by atoms with van der Waals surface area (Å²) >= 11 is 0. The third-order valence-corrected chi connectivity index (χ3v) is 3.58. The number of amides is 1. The number of ether oxygens (including phenoxy) is 1. The van der Waals surface area contributed by atoms with Gasteiger partial charge in [-0.05, 0) is 44.0 Å². The third-order valence-electron chi connectivity index (χ3n) is 3.58. The van der Waals surface area contributed by atoms with Crippen molar-refractivity contribution in [3.63, 3.8) is 0 Å². The molecule has 3 rings (SSSR count). The van der Waals surface area contributed by atoms with Crippen LogP contribution in [0, 0.1) is 6.92 Å². The minimum absolute atomic E-state index is 0.0816. The van der Waals surface area contributed by atoms with Crippen molar-refractivity contribution in [1.82, 2.24) is 4.98 Å². The molecule has 2 aromatic rings. The molecular weight excluding hydrogens is 268 g/mol. The van der Waals surface area contributed by atoms with Gasteiger partial charge >= 0.3 is 0 Å². The van der Waals surface area contributed by atoms with Crippen LogP contribution in [0.3, 0.4) is 0 Å². The van der Waals surface area contributed by atoms with Crippen molar-refractivity contribution < 1.29 is 13.9 Å². The number of rotatable bonds is 4. The van der Waals surface area contributed by atoms with Crippen LogP contribution in [0.1, 0.15) is 29.2 Å². The molecule has 0 unspecified atom stereocenters. The van der Waals surface area contributed by atoms with Gasteiger partial charge in [-0.15, -0.1) is 0 Å². The van der Waals surface area contributed by atoms with E-state index in [1.807, 2.05) is 19.1 Å². The molecule has 110 valence electrons. The highest BCUT2D eigenvalue weighted by Crippen LogP contribution is 2.21. The van der Waals surface area contributed by atoms with Gasteiger partial charge in [-0.2, -0.15) is 0 Å². The Bertz CT molecular complexity index is 603. The molecule has 1 atom stereocenters. The van der Waals surface area contributed by atoms with Crippen LogP contribution in [0.4, 0.5) is 5.69 Å². The van der Waals surface area contributed by atoms with Crippen molar-refractivity contribution in [3.8, 4) is 0 Å². The number of aryl methyl sites for hydroxylation is 1. The minimum atomic E-state index is -0.148. The summed E-state index contributed by atoms with van der Waals surface area (Å²) in [6.45, 7) is 3.12. The molecule has 5 nitrogen and oxygen atoms in total. The molecule has 0 spiro atoms. The number of hydrogen-bond acceptors (Lipinski definition) is 4. The van der Waals surface area contributed by atoms with Gasteiger partial charge in [0.15, 0.2) is 5.76 Å². The number of carbonyl (C=O) groups excluding carboxylic acids is 1. The summed E-state index contributed by atoms with van der Waals surface area (Å²) in [5.74, 6) is 0.928. The first-order valence-corrected chi connectivity index (χ1v) is 7.14. The van der Waals surface area contributed by atoms with Gasteiger partial charge in [0.2, 0.25) is 0 Å². The van der Waals surface area contributed by atoms with Crippen molar-refractivity contribution in [3.05, 3.63) is 48.2 Å². The quantitative estimate of drug-likeness (QED) is 0.867. The summed E-state index contributed by atoms with van der Waals surface area (Å²) in [7, 11) is 0. The maximum atomic E-state index is 12.7. The van der Waals surface area contributed by atoms with Crippen molar-refractivity contribution in [2.45, 2.75) is 25.9 Å². The Morgan fingerprint density at radius 1 is 1.33 bits per heavy atom. The monoisotopic (exact) mass is 286 g/mol. The Balaban J connectivity index is 1.86. The number of carbonyl (C=O) groups is 1. The van der Waals surface area contributed by atoms with E-state index < -0.39 is 0 Å². The van der Waals surface area contributed by atoms with E-state index in [2.05, 4.69) is 4.98 Å². The van der Waals surface area contributed by atoms with Crippen LogP contribution in [0.25, 0.3) is 0 Å². The normalized spacial score (nSPS) is 17.9. The van der Waals surface area contributed by atoms with E-state index in [0.29, 0.717) is 12.3 Å². The predicted molar refractivity (Wildman–Crippen MR) is 78.3 cm³/mol. The minimum Gasteiger partial charge on any atom is -0.456 e. The van der Waals surface area contributed by atoms with Crippen molar-refractivity contribution >= 4 is 11.6 Å². The van der Waals surface area contributed by atoms with E-state index in [4.69, 9.17) is 9.15 Å². The van der Waals surface area contributed by atoms with E-state index in [1.54, 1.807) is 29.4 Å². The van der Waals surface area contributed by atoms with Gasteiger partial charge in [-0.25, -0.2) is 0 Å². The number of nitrogens with zero attached hydrogens (tertiary/aromatic N) is 2. The lowest BCUT2D eigenvalue weighted by atomic mass is 10.2. The molecule has 0 aromatic carbocycles. The molecule has 1 aliphatic rings. The molecule has 1 aliphatic heterocycles. The second-order valence-corrected chi connectivity index (χ2v) is 5.17. The number of aromatic nitrogens is 1. The molecule has 0 N–H and O–H groups in total. The highest BCUT2D eigenvalue weighted by atomic mass is 16.5. The van der Waals surface area contributed by atoms with E-state index >= 15 is 0 Å². The predicted octanol–water partition coefficient (Wildman–Crippen LogP) is 2.81. The Kier molecular flexibility index (Phi) is 4.01. The number of furan rings is 1. The topological polar surface area (TPSA) is 55.6 Å². The van der Waals surface area contributed by atoms with Gasteiger partial charge in [0.05, 0.1) is 12.6 Å². The van der Waals surface area contributed by atoms with Crippen molar-refractivity contribution in [2.75, 3.05) is 18.1 Å². The Morgan fingerprint density at radius 2 is 2.14 bits per heavy atom. The molecule has 0 saturated carbocycles. The summed E-state index contributed by atoms with van der Waals surface area (Å²) in [5, 5.41) is 0. The van der Waals surface area contributed by atoms with Gasteiger partial charge in [-0.3, -0.25) is 9.78 Å². The molecule has 5 heteroatoms. The molecule has 0 aliphatic carbocycles. The second kappa shape index (κ2) is 6.10. The molecule has 2 aromatic heterocycles. The van der Waals surface area contributed by atoms with Gasteiger partial charge in [0, 0.05) is 24.7 Å². The van der Waals surface area contributed by atoms with E-state index in [0.717, 1.165) is 30.9 Å². The van der Waals surface area contributed by atoms with Gasteiger partial charge in [-0.1, -0.05) is 0 Å². The lowest BCUT2D eigenvalue weighted by Crippen LogP contribution is -2.37. The second-order valence-electron chi connectivity index (χ2n) is 5.17. The number of pyridine rings is 1. The molecule has 1 amide bonds. The maximum absolute atomic E-state index is 12.7. The van der Waals surface area contributed by atoms with Crippen molar-refractivity contribution in [2.24, 2.45) is 0 Å². The smallest absolute Gasteiger partial charge is 0.294 e. The van der Waals surface area contributed by atoms with Gasteiger partial charge < -0.3 is 14.1 Å². The fourth-order valence-corrected chi connectivity index (χ4v) is 2.50. The van der Waals surface area contributed by atoms with Crippen LogP contribution in [-0.2, 0) is 4.74 Å². The summed E-state index contributed by atoms with van der Waals surface area (Å²) in [5.41, 5.74) is 0.805. The lowest BCUT2D eigenvalue weighted by Gasteiger charge is -2.24. The highest BCUT2D eigenvalue weighted by Gasteiger charge is 2.26. The first-order chi connectivity index (χ1) is 10.2. The van der Waals surface area contributed by atoms with Crippen LogP contribution >= 0.6 is 0 Å². The molecular formula is C16H18N2O3. The zero-order valence-corrected chi connectivity index (χ0v) is 12.0.